The lowest BCUT2D eigenvalue weighted by molar-refractivity contribution is 0.0753. The van der Waals surface area contributed by atoms with Crippen molar-refractivity contribution in [3.8, 4) is 0 Å². The molecule has 6 nitrogen and oxygen atoms in total. The molecule has 1 amide bonds. The number of methoxy groups -OCH3 is 1. The molecule has 0 aromatic carbocycles. The van der Waals surface area contributed by atoms with Crippen LogP contribution in [0.5, 0.6) is 0 Å². The molecule has 2 N–H and O–H groups in total. The maximum absolute atomic E-state index is 12.5. The van der Waals surface area contributed by atoms with Gasteiger partial charge in [0, 0.05) is 26.7 Å². The van der Waals surface area contributed by atoms with Gasteiger partial charge in [0.2, 0.25) is 0 Å². The van der Waals surface area contributed by atoms with Crippen LogP contribution in [0.15, 0.2) is 17.8 Å². The molecule has 1 aliphatic heterocycles. The molecule has 0 saturated heterocycles. The van der Waals surface area contributed by atoms with Crippen molar-refractivity contribution in [2.24, 2.45) is 0 Å². The van der Waals surface area contributed by atoms with Gasteiger partial charge in [-0.15, -0.1) is 0 Å². The lowest BCUT2D eigenvalue weighted by Gasteiger charge is -2.26. The van der Waals surface area contributed by atoms with E-state index in [4.69, 9.17) is 10.5 Å². The largest absolute Gasteiger partial charge is 0.396 e. The second kappa shape index (κ2) is 5.88. The van der Waals surface area contributed by atoms with Crippen LogP contribution in [0.25, 0.3) is 0 Å². The van der Waals surface area contributed by atoms with Crippen LogP contribution in [0.4, 0.5) is 5.69 Å². The molecule has 0 unspecified atom stereocenters. The van der Waals surface area contributed by atoms with Crippen LogP contribution in [0, 0.1) is 0 Å². The Morgan fingerprint density at radius 2 is 2.37 bits per heavy atom. The summed E-state index contributed by atoms with van der Waals surface area (Å²) >= 11 is 0. The minimum atomic E-state index is -0.0513. The van der Waals surface area contributed by atoms with E-state index >= 15 is 0 Å². The highest BCUT2D eigenvalue weighted by Gasteiger charge is 2.23. The van der Waals surface area contributed by atoms with E-state index in [1.807, 2.05) is 13.0 Å². The Balaban J connectivity index is 2.11. The number of carbonyl (C=O) groups excluding carboxylic acids is 1. The van der Waals surface area contributed by atoms with Gasteiger partial charge in [-0.2, -0.15) is 5.10 Å². The first-order valence-electron chi connectivity index (χ1n) is 6.44. The highest BCUT2D eigenvalue weighted by atomic mass is 16.5. The van der Waals surface area contributed by atoms with Gasteiger partial charge in [-0.1, -0.05) is 6.08 Å². The molecule has 104 valence electrons. The van der Waals surface area contributed by atoms with Gasteiger partial charge in [0.1, 0.15) is 5.69 Å². The highest BCUT2D eigenvalue weighted by Crippen LogP contribution is 2.17. The van der Waals surface area contributed by atoms with E-state index in [-0.39, 0.29) is 5.91 Å². The summed E-state index contributed by atoms with van der Waals surface area (Å²) < 4.78 is 6.74. The predicted molar refractivity (Wildman–Crippen MR) is 72.8 cm³/mol. The van der Waals surface area contributed by atoms with Crippen molar-refractivity contribution in [1.82, 2.24) is 14.7 Å². The number of nitrogen functional groups attached to an aromatic ring is 1. The SMILES string of the molecule is CCn1ncc(N)c1C(=O)N1CC=C(COC)CC1. The van der Waals surface area contributed by atoms with Crippen molar-refractivity contribution >= 4 is 11.6 Å². The third-order valence-electron chi connectivity index (χ3n) is 3.29. The fourth-order valence-corrected chi connectivity index (χ4v) is 2.24. The molecule has 1 aliphatic rings. The molecule has 0 atom stereocenters. The number of hydrogen-bond donors (Lipinski definition) is 1. The van der Waals surface area contributed by atoms with E-state index in [1.165, 1.54) is 11.8 Å². The van der Waals surface area contributed by atoms with Gasteiger partial charge in [-0.3, -0.25) is 9.48 Å². The number of aromatic nitrogens is 2. The van der Waals surface area contributed by atoms with Gasteiger partial charge in [-0.25, -0.2) is 0 Å². The van der Waals surface area contributed by atoms with E-state index in [0.717, 1.165) is 6.42 Å². The Labute approximate surface area is 112 Å². The zero-order valence-corrected chi connectivity index (χ0v) is 11.4. The third kappa shape index (κ3) is 2.78. The first-order valence-corrected chi connectivity index (χ1v) is 6.44. The molecule has 2 heterocycles. The average Bonchev–Trinajstić information content (AvgIpc) is 2.80. The molecule has 0 aliphatic carbocycles. The Hall–Kier alpha value is -1.82. The third-order valence-corrected chi connectivity index (χ3v) is 3.29. The molecule has 1 aromatic heterocycles. The summed E-state index contributed by atoms with van der Waals surface area (Å²) in [4.78, 5) is 14.2. The number of nitrogens with zero attached hydrogens (tertiary/aromatic N) is 3. The molecule has 0 saturated carbocycles. The second-order valence-corrected chi connectivity index (χ2v) is 4.56. The highest BCUT2D eigenvalue weighted by molar-refractivity contribution is 5.97. The first-order chi connectivity index (χ1) is 9.17. The lowest BCUT2D eigenvalue weighted by atomic mass is 10.1. The average molecular weight is 264 g/mol. The standard InChI is InChI=1S/C13H20N4O2/c1-3-17-12(11(14)8-15-17)13(18)16-6-4-10(5-7-16)9-19-2/h4,8H,3,5-7,9,14H2,1-2H3. The van der Waals surface area contributed by atoms with Crippen LogP contribution in [0.2, 0.25) is 0 Å². The van der Waals surface area contributed by atoms with Crippen molar-refractivity contribution in [3.05, 3.63) is 23.5 Å². The number of anilines is 1. The van der Waals surface area contributed by atoms with Crippen molar-refractivity contribution < 1.29 is 9.53 Å². The summed E-state index contributed by atoms with van der Waals surface area (Å²) in [6.45, 7) is 4.51. The minimum Gasteiger partial charge on any atom is -0.396 e. The smallest absolute Gasteiger partial charge is 0.274 e. The molecule has 1 aromatic rings. The Bertz CT molecular complexity index is 493. The van der Waals surface area contributed by atoms with Crippen LogP contribution in [0.3, 0.4) is 0 Å². The molecule has 2 rings (SSSR count). The minimum absolute atomic E-state index is 0.0513. The summed E-state index contributed by atoms with van der Waals surface area (Å²) in [6, 6.07) is 0. The zero-order chi connectivity index (χ0) is 13.8. The molecular weight excluding hydrogens is 244 g/mol. The predicted octanol–water partition coefficient (Wildman–Crippen LogP) is 0.904. The topological polar surface area (TPSA) is 73.4 Å². The Morgan fingerprint density at radius 3 is 2.95 bits per heavy atom. The maximum Gasteiger partial charge on any atom is 0.274 e. The lowest BCUT2D eigenvalue weighted by Crippen LogP contribution is -2.36. The van der Waals surface area contributed by atoms with Crippen LogP contribution < -0.4 is 5.73 Å². The van der Waals surface area contributed by atoms with Gasteiger partial charge in [0.25, 0.3) is 5.91 Å². The molecule has 0 spiro atoms. The number of aryl methyl sites for hydroxylation is 1. The summed E-state index contributed by atoms with van der Waals surface area (Å²) in [7, 11) is 1.68. The van der Waals surface area contributed by atoms with Crippen molar-refractivity contribution in [2.45, 2.75) is 19.9 Å². The van der Waals surface area contributed by atoms with E-state index in [1.54, 1.807) is 16.7 Å². The van der Waals surface area contributed by atoms with E-state index in [2.05, 4.69) is 5.10 Å². The monoisotopic (exact) mass is 264 g/mol. The molecule has 0 bridgehead atoms. The van der Waals surface area contributed by atoms with Crippen molar-refractivity contribution in [1.29, 1.82) is 0 Å². The number of nitrogens with two attached hydrogens (primary N) is 1. The summed E-state index contributed by atoms with van der Waals surface area (Å²) in [6.07, 6.45) is 4.43. The second-order valence-electron chi connectivity index (χ2n) is 4.56. The zero-order valence-electron chi connectivity index (χ0n) is 11.4. The van der Waals surface area contributed by atoms with E-state index in [0.29, 0.717) is 37.6 Å². The van der Waals surface area contributed by atoms with Gasteiger partial charge in [-0.05, 0) is 18.9 Å². The molecular formula is C13H20N4O2. The van der Waals surface area contributed by atoms with E-state index < -0.39 is 0 Å². The summed E-state index contributed by atoms with van der Waals surface area (Å²) in [5.41, 5.74) is 8.01. The van der Waals surface area contributed by atoms with Crippen molar-refractivity contribution in [2.75, 3.05) is 32.5 Å². The quantitative estimate of drug-likeness (QED) is 0.820. The maximum atomic E-state index is 12.5. The van der Waals surface area contributed by atoms with Gasteiger partial charge >= 0.3 is 0 Å². The first kappa shape index (κ1) is 13.6. The fourth-order valence-electron chi connectivity index (χ4n) is 2.24. The number of hydrogen-bond acceptors (Lipinski definition) is 4. The molecule has 0 radical (unpaired) electrons. The number of ether oxygens (including phenoxy) is 1. The normalized spacial score (nSPS) is 15.5. The number of amides is 1. The Morgan fingerprint density at radius 1 is 1.58 bits per heavy atom. The molecule has 6 heteroatoms. The van der Waals surface area contributed by atoms with Crippen LogP contribution >= 0.6 is 0 Å². The Kier molecular flexibility index (Phi) is 4.21. The van der Waals surface area contributed by atoms with Gasteiger partial charge in [0.05, 0.1) is 18.5 Å². The van der Waals surface area contributed by atoms with E-state index in [9.17, 15) is 4.79 Å². The van der Waals surface area contributed by atoms with Crippen LogP contribution in [-0.2, 0) is 11.3 Å². The summed E-state index contributed by atoms with van der Waals surface area (Å²) in [5.74, 6) is -0.0513. The molecule has 0 fully saturated rings. The fraction of sp³-hybridized carbons (Fsp3) is 0.538. The number of rotatable bonds is 4. The van der Waals surface area contributed by atoms with Crippen LogP contribution in [0.1, 0.15) is 23.8 Å². The van der Waals surface area contributed by atoms with Gasteiger partial charge in [0.15, 0.2) is 0 Å². The van der Waals surface area contributed by atoms with Gasteiger partial charge < -0.3 is 15.4 Å². The molecule has 19 heavy (non-hydrogen) atoms. The van der Waals surface area contributed by atoms with Crippen LogP contribution in [-0.4, -0.2) is 47.4 Å². The number of carbonyl (C=O) groups is 1. The van der Waals surface area contributed by atoms with Crippen molar-refractivity contribution in [3.63, 3.8) is 0 Å². The summed E-state index contributed by atoms with van der Waals surface area (Å²) in [5, 5.41) is 4.10.